The molecule has 5 heterocycles. The third kappa shape index (κ3) is 5.53. The Bertz CT molecular complexity index is 2120. The standard InChI is InChI=1S/C32H28F3N9O3/c1-41-15-25(29(40-41)32(33,34)35)22-10-19(14-43-9-7-36-18-43)11-23-21(22)5-8-44(31(23)45)30-24-12-27(46-3)28(13-26(24)37-17-38-30)47-16-20-4-6-39-42(20)2/h4,6-7,9-13,15,17-18H,5,8,14,16H2,1-3H3. The van der Waals surface area contributed by atoms with E-state index in [2.05, 4.69) is 25.1 Å². The number of aromatic nitrogens is 8. The van der Waals surface area contributed by atoms with Crippen LogP contribution >= 0.6 is 0 Å². The summed E-state index contributed by atoms with van der Waals surface area (Å²) in [4.78, 5) is 28.8. The fourth-order valence-corrected chi connectivity index (χ4v) is 5.91. The molecule has 0 bridgehead atoms. The van der Waals surface area contributed by atoms with Gasteiger partial charge in [0.15, 0.2) is 17.2 Å². The van der Waals surface area contributed by atoms with Crippen LogP contribution in [0.4, 0.5) is 19.0 Å². The van der Waals surface area contributed by atoms with Crippen LogP contribution in [0.15, 0.2) is 67.8 Å². The normalized spacial score (nSPS) is 13.3. The van der Waals surface area contributed by atoms with E-state index in [4.69, 9.17) is 9.47 Å². The summed E-state index contributed by atoms with van der Waals surface area (Å²) in [5.74, 6) is 0.822. The second kappa shape index (κ2) is 11.6. The van der Waals surface area contributed by atoms with Crippen molar-refractivity contribution >= 4 is 22.6 Å². The first-order valence-corrected chi connectivity index (χ1v) is 14.6. The molecule has 4 aromatic heterocycles. The highest BCUT2D eigenvalue weighted by Crippen LogP contribution is 2.41. The summed E-state index contributed by atoms with van der Waals surface area (Å²) in [7, 11) is 4.78. The van der Waals surface area contributed by atoms with Gasteiger partial charge in [-0.15, -0.1) is 0 Å². The maximum atomic E-state index is 14.3. The predicted molar refractivity (Wildman–Crippen MR) is 164 cm³/mol. The maximum absolute atomic E-state index is 14.3. The summed E-state index contributed by atoms with van der Waals surface area (Å²) < 4.78 is 58.7. The van der Waals surface area contributed by atoms with E-state index in [1.54, 1.807) is 58.4 Å². The Hall–Kier alpha value is -5.73. The summed E-state index contributed by atoms with van der Waals surface area (Å²) >= 11 is 0. The van der Waals surface area contributed by atoms with Crippen LogP contribution in [0.2, 0.25) is 0 Å². The first kappa shape index (κ1) is 30.0. The van der Waals surface area contributed by atoms with Crippen LogP contribution in [0, 0.1) is 0 Å². The third-order valence-corrected chi connectivity index (χ3v) is 8.14. The average Bonchev–Trinajstić information content (AvgIpc) is 3.81. The van der Waals surface area contributed by atoms with E-state index in [0.29, 0.717) is 51.5 Å². The first-order valence-electron chi connectivity index (χ1n) is 14.6. The molecule has 12 nitrogen and oxygen atoms in total. The van der Waals surface area contributed by atoms with Crippen LogP contribution in [-0.2, 0) is 39.8 Å². The molecular formula is C32H28F3N9O3. The molecule has 0 radical (unpaired) electrons. The zero-order chi connectivity index (χ0) is 32.9. The highest BCUT2D eigenvalue weighted by atomic mass is 19.4. The van der Waals surface area contributed by atoms with Gasteiger partial charge in [0.1, 0.15) is 18.8 Å². The minimum atomic E-state index is -4.69. The van der Waals surface area contributed by atoms with E-state index in [1.165, 1.54) is 31.6 Å². The number of fused-ring (bicyclic) bond motifs is 2. The Balaban J connectivity index is 1.30. The number of anilines is 1. The molecule has 6 aromatic rings. The smallest absolute Gasteiger partial charge is 0.435 e. The van der Waals surface area contributed by atoms with Crippen molar-refractivity contribution in [3.8, 4) is 22.6 Å². The van der Waals surface area contributed by atoms with Gasteiger partial charge in [0, 0.05) is 74.6 Å². The van der Waals surface area contributed by atoms with E-state index in [-0.39, 0.29) is 30.7 Å². The van der Waals surface area contributed by atoms with Crippen molar-refractivity contribution in [2.75, 3.05) is 18.6 Å². The van der Waals surface area contributed by atoms with Crippen molar-refractivity contribution in [3.63, 3.8) is 0 Å². The Labute approximate surface area is 266 Å². The van der Waals surface area contributed by atoms with Crippen molar-refractivity contribution in [1.82, 2.24) is 39.1 Å². The number of hydrogen-bond acceptors (Lipinski definition) is 8. The van der Waals surface area contributed by atoms with Crippen LogP contribution in [0.5, 0.6) is 11.5 Å². The number of carbonyl (C=O) groups excluding carboxylic acids is 1. The van der Waals surface area contributed by atoms with Gasteiger partial charge in [-0.1, -0.05) is 0 Å². The lowest BCUT2D eigenvalue weighted by Gasteiger charge is -2.30. The molecule has 0 atom stereocenters. The predicted octanol–water partition coefficient (Wildman–Crippen LogP) is 4.82. The van der Waals surface area contributed by atoms with Crippen LogP contribution < -0.4 is 14.4 Å². The Kier molecular flexibility index (Phi) is 7.37. The van der Waals surface area contributed by atoms with E-state index < -0.39 is 17.8 Å². The molecule has 0 aliphatic carbocycles. The van der Waals surface area contributed by atoms with Crippen molar-refractivity contribution < 1.29 is 27.4 Å². The number of amides is 1. The number of rotatable bonds is 8. The van der Waals surface area contributed by atoms with Crippen molar-refractivity contribution in [2.45, 2.75) is 25.7 Å². The van der Waals surface area contributed by atoms with Gasteiger partial charge in [0.2, 0.25) is 0 Å². The highest BCUT2D eigenvalue weighted by Gasteiger charge is 2.39. The van der Waals surface area contributed by atoms with E-state index in [9.17, 15) is 18.0 Å². The van der Waals surface area contributed by atoms with Crippen LogP contribution in [0.3, 0.4) is 0 Å². The Morgan fingerprint density at radius 2 is 1.83 bits per heavy atom. The lowest BCUT2D eigenvalue weighted by molar-refractivity contribution is -0.140. The largest absolute Gasteiger partial charge is 0.493 e. The van der Waals surface area contributed by atoms with Crippen molar-refractivity contribution in [2.24, 2.45) is 14.1 Å². The fourth-order valence-electron chi connectivity index (χ4n) is 5.91. The van der Waals surface area contributed by atoms with Crippen LogP contribution in [0.1, 0.15) is 32.9 Å². The summed E-state index contributed by atoms with van der Waals surface area (Å²) in [6.45, 7) is 0.716. The second-order valence-electron chi connectivity index (χ2n) is 11.1. The van der Waals surface area contributed by atoms with Gasteiger partial charge >= 0.3 is 6.18 Å². The molecule has 240 valence electrons. The number of ether oxygens (including phenoxy) is 2. The number of aryl methyl sites for hydroxylation is 2. The molecule has 0 spiro atoms. The van der Waals surface area contributed by atoms with Gasteiger partial charge in [-0.3, -0.25) is 19.1 Å². The molecule has 1 amide bonds. The zero-order valence-electron chi connectivity index (χ0n) is 25.6. The third-order valence-electron chi connectivity index (χ3n) is 8.14. The van der Waals surface area contributed by atoms with E-state index >= 15 is 0 Å². The van der Waals surface area contributed by atoms with E-state index in [0.717, 1.165) is 10.4 Å². The second-order valence-corrected chi connectivity index (χ2v) is 11.1. The van der Waals surface area contributed by atoms with Crippen LogP contribution in [0.25, 0.3) is 22.0 Å². The lowest BCUT2D eigenvalue weighted by Crippen LogP contribution is -2.38. The minimum absolute atomic E-state index is 0.0825. The topological polar surface area (TPSA) is 118 Å². The van der Waals surface area contributed by atoms with Gasteiger partial charge in [0.05, 0.1) is 24.6 Å². The fraction of sp³-hybridized carbons (Fsp3) is 0.250. The SMILES string of the molecule is COc1cc2c(N3CCc4c(cc(Cn5ccnc5)cc4-c4cn(C)nc4C(F)(F)F)C3=O)ncnc2cc1OCc1ccnn1C. The zero-order valence-corrected chi connectivity index (χ0v) is 25.6. The molecule has 0 fully saturated rings. The van der Waals surface area contributed by atoms with Gasteiger partial charge in [-0.25, -0.2) is 15.0 Å². The Morgan fingerprint density at radius 3 is 2.55 bits per heavy atom. The summed E-state index contributed by atoms with van der Waals surface area (Å²) in [5, 5.41) is 8.43. The molecule has 2 aromatic carbocycles. The molecule has 15 heteroatoms. The number of methoxy groups -OCH3 is 1. The van der Waals surface area contributed by atoms with E-state index in [1.807, 2.05) is 13.1 Å². The number of benzene rings is 2. The first-order chi connectivity index (χ1) is 22.6. The molecule has 0 saturated heterocycles. The summed E-state index contributed by atoms with van der Waals surface area (Å²) in [5.41, 5.74) is 2.04. The van der Waals surface area contributed by atoms with Gasteiger partial charge in [-0.2, -0.15) is 23.4 Å². The van der Waals surface area contributed by atoms with Crippen LogP contribution in [-0.4, -0.2) is 58.6 Å². The molecule has 0 saturated carbocycles. The van der Waals surface area contributed by atoms with Gasteiger partial charge in [0.25, 0.3) is 5.91 Å². The molecule has 7 rings (SSSR count). The molecule has 1 aliphatic heterocycles. The molecule has 0 unspecified atom stereocenters. The molecule has 0 N–H and O–H groups in total. The lowest BCUT2D eigenvalue weighted by atomic mass is 9.88. The summed E-state index contributed by atoms with van der Waals surface area (Å²) in [6.07, 6.45) is 4.94. The molecular weight excluding hydrogens is 615 g/mol. The number of carbonyl (C=O) groups is 1. The van der Waals surface area contributed by atoms with Crippen molar-refractivity contribution in [3.05, 3.63) is 95.9 Å². The highest BCUT2D eigenvalue weighted by molar-refractivity contribution is 6.12. The molecule has 47 heavy (non-hydrogen) atoms. The van der Waals surface area contributed by atoms with Gasteiger partial charge < -0.3 is 14.0 Å². The van der Waals surface area contributed by atoms with Gasteiger partial charge in [-0.05, 0) is 47.4 Å². The number of nitrogens with zero attached hydrogens (tertiary/aromatic N) is 9. The average molecular weight is 644 g/mol. The monoisotopic (exact) mass is 643 g/mol. The minimum Gasteiger partial charge on any atom is -0.493 e. The molecule has 1 aliphatic rings. The number of alkyl halides is 3. The maximum Gasteiger partial charge on any atom is 0.435 e. The number of halogens is 3. The van der Waals surface area contributed by atoms with Crippen molar-refractivity contribution in [1.29, 1.82) is 0 Å². The number of imidazole rings is 1. The number of hydrogen-bond donors (Lipinski definition) is 0. The summed E-state index contributed by atoms with van der Waals surface area (Å²) in [6, 6.07) is 8.72. The quantitative estimate of drug-likeness (QED) is 0.232. The Morgan fingerprint density at radius 1 is 1.00 bits per heavy atom.